The number of rotatable bonds is 17. The molecule has 0 spiro atoms. The molecule has 0 radical (unpaired) electrons. The summed E-state index contributed by atoms with van der Waals surface area (Å²) in [5, 5.41) is 208. The van der Waals surface area contributed by atoms with Crippen molar-refractivity contribution in [3.8, 4) is 0 Å². The molecule has 6 fully saturated rings. The first kappa shape index (κ1) is 55.1. The highest BCUT2D eigenvalue weighted by atomic mass is 16.8. The Kier molecular flexibility index (Phi) is 19.0. The van der Waals surface area contributed by atoms with Crippen molar-refractivity contribution >= 4 is 0 Å². The van der Waals surface area contributed by atoms with E-state index in [0.717, 1.165) is 0 Å². The number of hydrogen-bond acceptors (Lipinski definition) is 31. The van der Waals surface area contributed by atoms with Gasteiger partial charge in [0.15, 0.2) is 31.5 Å². The lowest BCUT2D eigenvalue weighted by Crippen LogP contribution is -2.66. The van der Waals surface area contributed by atoms with Crippen LogP contribution in [0.1, 0.15) is 0 Å². The Morgan fingerprint density at radius 1 is 0.328 bits per heavy atom. The average molecular weight is 991 g/mol. The van der Waals surface area contributed by atoms with Gasteiger partial charge in [-0.3, -0.25) is 0 Å². The fraction of sp³-hybridized carbons (Fsp3) is 1.00. The van der Waals surface area contributed by atoms with E-state index in [1.165, 1.54) is 0 Å². The van der Waals surface area contributed by atoms with Crippen LogP contribution < -0.4 is 0 Å². The third kappa shape index (κ3) is 11.1. The Bertz CT molecular complexity index is 1520. The summed E-state index contributed by atoms with van der Waals surface area (Å²) in [6.45, 7) is -6.46. The molecule has 6 aliphatic heterocycles. The van der Waals surface area contributed by atoms with Crippen LogP contribution in [-0.4, -0.2) is 326 Å². The summed E-state index contributed by atoms with van der Waals surface area (Å²) in [5.41, 5.74) is 0. The molecule has 0 aromatic heterocycles. The lowest BCUT2D eigenvalue weighted by molar-refractivity contribution is -0.390. The van der Waals surface area contributed by atoms with Crippen molar-refractivity contribution in [1.29, 1.82) is 0 Å². The van der Waals surface area contributed by atoms with Gasteiger partial charge >= 0.3 is 0 Å². The molecular formula is C36H62O31. The molecule has 0 bridgehead atoms. The molecule has 6 rings (SSSR count). The van der Waals surface area contributed by atoms with Gasteiger partial charge in [0.25, 0.3) is 0 Å². The second-order valence-corrected chi connectivity index (χ2v) is 16.9. The largest absolute Gasteiger partial charge is 0.394 e. The SMILES string of the molecule is OC[C@H]1O[C@H](OC[C@H]2O[C@H](O[C@]3(CO)O[C@H](CO[C@@H]4O[C@H](CO)[C@@H](O[C@@H]5O[C@H](CO)[C@@H](O[C@@H]6O[C@H](CO)[C@@H](O)[C@H](O)[C@H]6O)[C@H](O)[C@H]5O)[C@H](O)[C@H]4O)[C@@H](O)[C@@H]3O)[C@H](O)[C@@H](O)[C@H]2O)[C@H](O)[C@@H](O)[C@H]1O. The third-order valence-electron chi connectivity index (χ3n) is 12.5. The molecule has 0 aromatic rings. The first-order chi connectivity index (χ1) is 31.7. The van der Waals surface area contributed by atoms with Gasteiger partial charge in [0.1, 0.15) is 147 Å². The molecule has 0 unspecified atom stereocenters. The van der Waals surface area contributed by atoms with Gasteiger partial charge in [-0.1, -0.05) is 0 Å². The number of ether oxygens (including phenoxy) is 11. The topological polar surface area (TPSA) is 506 Å². The number of aliphatic hydroxyl groups is 20. The van der Waals surface area contributed by atoms with Crippen LogP contribution in [0.2, 0.25) is 0 Å². The standard InChI is InChI=1S/C36H62O31/c37-1-8-14(42)18(46)23(51)31(59-8)57-5-12-16(44)20(48)25(53)35(63-12)67-36(7-41)30(56)17(45)13(66-36)6-58-32-26(54)21(49)28(10(3-39)61-32)65-34-27(55)22(50)29(11(4-40)62-34)64-33-24(52)19(47)15(43)9(2-38)60-33/h8-35,37-56H,1-7H2/t8-,9-,10-,11-,12-,13-,14+,15-,16+,17-,18+,19+,20+,21-,22-,23-,24-,25-,26-,27-,28-,29-,30+,31+,32-,33+,34+,35-,36+/m1/s1. The van der Waals surface area contributed by atoms with Crippen LogP contribution in [0, 0.1) is 0 Å². The Morgan fingerprint density at radius 3 is 1.13 bits per heavy atom. The number of hydrogen-bond donors (Lipinski definition) is 20. The normalized spacial score (nSPS) is 53.2. The fourth-order valence-electron chi connectivity index (χ4n) is 8.37. The van der Waals surface area contributed by atoms with Gasteiger partial charge < -0.3 is 154 Å². The van der Waals surface area contributed by atoms with Crippen LogP contribution in [0.4, 0.5) is 0 Å². The zero-order valence-corrected chi connectivity index (χ0v) is 35.1. The summed E-state index contributed by atoms with van der Waals surface area (Å²) >= 11 is 0. The lowest BCUT2D eigenvalue weighted by Gasteiger charge is -2.48. The molecule has 6 heterocycles. The first-order valence-electron chi connectivity index (χ1n) is 21.1. The van der Waals surface area contributed by atoms with E-state index in [0.29, 0.717) is 0 Å². The van der Waals surface area contributed by atoms with Crippen molar-refractivity contribution in [2.24, 2.45) is 0 Å². The second kappa shape index (κ2) is 23.1. The Balaban J connectivity index is 1.05. The molecule has 0 aliphatic carbocycles. The lowest BCUT2D eigenvalue weighted by atomic mass is 9.96. The van der Waals surface area contributed by atoms with Crippen molar-refractivity contribution in [3.63, 3.8) is 0 Å². The molecule has 392 valence electrons. The van der Waals surface area contributed by atoms with E-state index < -0.39 is 224 Å². The smallest absolute Gasteiger partial charge is 0.224 e. The molecule has 6 saturated heterocycles. The van der Waals surface area contributed by atoms with Crippen LogP contribution >= 0.6 is 0 Å². The highest BCUT2D eigenvalue weighted by molar-refractivity contribution is 5.00. The Hall–Kier alpha value is -1.24. The van der Waals surface area contributed by atoms with E-state index in [1.54, 1.807) is 0 Å². The average Bonchev–Trinajstić information content (AvgIpc) is 3.56. The Labute approximate surface area is 378 Å². The second-order valence-electron chi connectivity index (χ2n) is 16.9. The van der Waals surface area contributed by atoms with Crippen LogP contribution in [0.3, 0.4) is 0 Å². The Morgan fingerprint density at radius 2 is 0.672 bits per heavy atom. The van der Waals surface area contributed by atoms with E-state index in [1.807, 2.05) is 0 Å². The van der Waals surface area contributed by atoms with Crippen molar-refractivity contribution in [2.75, 3.05) is 46.2 Å². The highest BCUT2D eigenvalue weighted by Gasteiger charge is 2.60. The summed E-state index contributed by atoms with van der Waals surface area (Å²) in [4.78, 5) is 0. The van der Waals surface area contributed by atoms with Crippen molar-refractivity contribution in [3.05, 3.63) is 0 Å². The summed E-state index contributed by atoms with van der Waals surface area (Å²) in [6, 6.07) is 0. The minimum Gasteiger partial charge on any atom is -0.394 e. The molecule has 0 aromatic carbocycles. The van der Waals surface area contributed by atoms with Crippen molar-refractivity contribution in [2.45, 2.75) is 178 Å². The zero-order chi connectivity index (χ0) is 49.4. The molecular weight excluding hydrogens is 928 g/mol. The van der Waals surface area contributed by atoms with E-state index >= 15 is 0 Å². The van der Waals surface area contributed by atoms with Gasteiger partial charge in [-0.15, -0.1) is 0 Å². The van der Waals surface area contributed by atoms with E-state index in [4.69, 9.17) is 52.1 Å². The maximum Gasteiger partial charge on any atom is 0.224 e. The summed E-state index contributed by atoms with van der Waals surface area (Å²) < 4.78 is 60.4. The molecule has 31 nitrogen and oxygen atoms in total. The van der Waals surface area contributed by atoms with E-state index in [9.17, 15) is 102 Å². The summed E-state index contributed by atoms with van der Waals surface area (Å²) in [7, 11) is 0. The number of aliphatic hydroxyl groups excluding tert-OH is 20. The highest BCUT2D eigenvalue weighted by Crippen LogP contribution is 2.38. The van der Waals surface area contributed by atoms with Crippen LogP contribution in [-0.2, 0) is 52.1 Å². The van der Waals surface area contributed by atoms with E-state index in [-0.39, 0.29) is 0 Å². The van der Waals surface area contributed by atoms with Crippen LogP contribution in [0.25, 0.3) is 0 Å². The summed E-state index contributed by atoms with van der Waals surface area (Å²) in [5.74, 6) is -2.68. The molecule has 0 amide bonds. The van der Waals surface area contributed by atoms with Gasteiger partial charge in [0.05, 0.1) is 39.6 Å². The maximum atomic E-state index is 11.1. The third-order valence-corrected chi connectivity index (χ3v) is 12.5. The monoisotopic (exact) mass is 990 g/mol. The molecule has 6 aliphatic rings. The van der Waals surface area contributed by atoms with Gasteiger partial charge in [-0.2, -0.15) is 0 Å². The predicted octanol–water partition coefficient (Wildman–Crippen LogP) is -14.1. The van der Waals surface area contributed by atoms with Crippen molar-refractivity contribution in [1.82, 2.24) is 0 Å². The van der Waals surface area contributed by atoms with E-state index in [2.05, 4.69) is 0 Å². The maximum absolute atomic E-state index is 11.1. The molecule has 31 heteroatoms. The van der Waals surface area contributed by atoms with Gasteiger partial charge in [-0.25, -0.2) is 0 Å². The van der Waals surface area contributed by atoms with Gasteiger partial charge in [0.2, 0.25) is 5.79 Å². The molecule has 29 atom stereocenters. The predicted molar refractivity (Wildman–Crippen MR) is 199 cm³/mol. The minimum atomic E-state index is -2.68. The molecule has 67 heavy (non-hydrogen) atoms. The molecule has 0 saturated carbocycles. The minimum absolute atomic E-state index is 0.776. The van der Waals surface area contributed by atoms with Crippen molar-refractivity contribution < 1.29 is 154 Å². The van der Waals surface area contributed by atoms with Crippen LogP contribution in [0.5, 0.6) is 0 Å². The fourth-order valence-corrected chi connectivity index (χ4v) is 8.37. The molecule has 20 N–H and O–H groups in total. The summed E-state index contributed by atoms with van der Waals surface area (Å²) in [6.07, 6.45) is -52.0. The zero-order valence-electron chi connectivity index (χ0n) is 35.1. The van der Waals surface area contributed by atoms with Gasteiger partial charge in [0, 0.05) is 0 Å². The quantitative estimate of drug-likeness (QED) is 0.0643. The van der Waals surface area contributed by atoms with Crippen LogP contribution in [0.15, 0.2) is 0 Å². The van der Waals surface area contributed by atoms with Gasteiger partial charge in [-0.05, 0) is 0 Å². The first-order valence-corrected chi connectivity index (χ1v) is 21.1.